The highest BCUT2D eigenvalue weighted by molar-refractivity contribution is 9.10. The fraction of sp³-hybridized carbons (Fsp3) is 0.469. The van der Waals surface area contributed by atoms with Gasteiger partial charge in [-0.15, -0.1) is 0 Å². The monoisotopic (exact) mass is 673 g/mol. The number of nitrogens with one attached hydrogen (secondary N) is 1. The number of hydrogen-bond acceptors (Lipinski definition) is 7. The lowest BCUT2D eigenvalue weighted by molar-refractivity contribution is 0.0468. The van der Waals surface area contributed by atoms with Crippen molar-refractivity contribution in [3.8, 4) is 0 Å². The molecule has 1 N–H and O–H groups in total. The summed E-state index contributed by atoms with van der Waals surface area (Å²) in [5.74, 6) is -0.522. The Morgan fingerprint density at radius 3 is 2.02 bits per heavy atom. The van der Waals surface area contributed by atoms with Crippen molar-refractivity contribution in [2.24, 2.45) is 0 Å². The Balaban J connectivity index is 1.69. The zero-order chi connectivity index (χ0) is 31.7. The number of alkyl carbamates (subject to hydrolysis) is 1. The van der Waals surface area contributed by atoms with Crippen LogP contribution in [0.15, 0.2) is 71.3 Å². The minimum Gasteiger partial charge on any atom is -0.464 e. The van der Waals surface area contributed by atoms with Gasteiger partial charge in [0.15, 0.2) is 0 Å². The maximum Gasteiger partial charge on any atom is 0.407 e. The summed E-state index contributed by atoms with van der Waals surface area (Å²) in [7, 11) is -1.35. The third kappa shape index (κ3) is 9.50. The number of halogens is 1. The molecule has 9 nitrogen and oxygen atoms in total. The Morgan fingerprint density at radius 2 is 1.51 bits per heavy atom. The fourth-order valence-corrected chi connectivity index (χ4v) is 9.98. The molecule has 0 aliphatic carbocycles. The molecule has 1 amide bonds. The standard InChI is InChI=1S/C32H44BrN3O6Si/c1-31(2,3)42-30(38)34-24(23-36-27(29(37)39-7)22-28(33)35-36)18-19-40-20-21-41-43(32(4,5)6,25-14-10-8-11-15-25)26-16-12-9-13-17-26/h8-17,22,24H,18-21,23H2,1-7H3,(H,34,38)/t24-/m1/s1. The van der Waals surface area contributed by atoms with Crippen LogP contribution in [0, 0.1) is 0 Å². The van der Waals surface area contributed by atoms with Crippen molar-refractivity contribution in [2.75, 3.05) is 26.9 Å². The Morgan fingerprint density at radius 1 is 0.930 bits per heavy atom. The van der Waals surface area contributed by atoms with Crippen LogP contribution in [0.1, 0.15) is 58.5 Å². The Bertz CT molecular complexity index is 1280. The number of carbonyl (C=O) groups excluding carboxylic acids is 2. The Labute approximate surface area is 264 Å². The fourth-order valence-electron chi connectivity index (χ4n) is 5.03. The number of aromatic nitrogens is 2. The van der Waals surface area contributed by atoms with Gasteiger partial charge in [-0.3, -0.25) is 4.68 Å². The van der Waals surface area contributed by atoms with E-state index in [1.165, 1.54) is 22.2 Å². The van der Waals surface area contributed by atoms with E-state index in [1.807, 2.05) is 12.1 Å². The summed E-state index contributed by atoms with van der Waals surface area (Å²) in [6, 6.07) is 22.1. The highest BCUT2D eigenvalue weighted by atomic mass is 79.9. The van der Waals surface area contributed by atoms with Gasteiger partial charge in [0, 0.05) is 12.7 Å². The van der Waals surface area contributed by atoms with Crippen molar-refractivity contribution in [3.63, 3.8) is 0 Å². The van der Waals surface area contributed by atoms with E-state index in [-0.39, 0.29) is 17.3 Å². The molecule has 0 aliphatic heterocycles. The molecule has 0 saturated heterocycles. The van der Waals surface area contributed by atoms with Gasteiger partial charge in [-0.1, -0.05) is 81.4 Å². The predicted octanol–water partition coefficient (Wildman–Crippen LogP) is 5.31. The molecule has 43 heavy (non-hydrogen) atoms. The second-order valence-corrected chi connectivity index (χ2v) is 17.4. The second kappa shape index (κ2) is 15.1. The lowest BCUT2D eigenvalue weighted by Crippen LogP contribution is -2.66. The van der Waals surface area contributed by atoms with Crippen LogP contribution in [0.3, 0.4) is 0 Å². The van der Waals surface area contributed by atoms with E-state index in [9.17, 15) is 9.59 Å². The molecule has 0 spiro atoms. The number of ether oxygens (including phenoxy) is 3. The molecule has 1 heterocycles. The van der Waals surface area contributed by atoms with Crippen molar-refractivity contribution in [3.05, 3.63) is 77.0 Å². The van der Waals surface area contributed by atoms with Crippen LogP contribution in [0.25, 0.3) is 0 Å². The molecule has 234 valence electrons. The molecule has 0 fully saturated rings. The molecular weight excluding hydrogens is 630 g/mol. The average Bonchev–Trinajstić information content (AvgIpc) is 3.31. The predicted molar refractivity (Wildman–Crippen MR) is 173 cm³/mol. The molecule has 1 atom stereocenters. The van der Waals surface area contributed by atoms with Gasteiger partial charge in [-0.2, -0.15) is 5.10 Å². The summed E-state index contributed by atoms with van der Waals surface area (Å²) in [6.07, 6.45) is -0.102. The van der Waals surface area contributed by atoms with Gasteiger partial charge in [-0.05, 0) is 58.5 Å². The molecule has 0 radical (unpaired) electrons. The van der Waals surface area contributed by atoms with Gasteiger partial charge in [0.05, 0.1) is 32.9 Å². The number of nitrogens with zero attached hydrogens (tertiary/aromatic N) is 2. The summed E-state index contributed by atoms with van der Waals surface area (Å²) in [6.45, 7) is 13.5. The van der Waals surface area contributed by atoms with Crippen LogP contribution in [0.5, 0.6) is 0 Å². The van der Waals surface area contributed by atoms with Crippen molar-refractivity contribution < 1.29 is 28.2 Å². The molecule has 0 saturated carbocycles. The second-order valence-electron chi connectivity index (χ2n) is 12.3. The molecule has 3 aromatic rings. The molecule has 2 aromatic carbocycles. The minimum atomic E-state index is -2.66. The number of carbonyl (C=O) groups is 2. The molecule has 1 aromatic heterocycles. The maximum atomic E-state index is 12.6. The van der Waals surface area contributed by atoms with E-state index in [0.29, 0.717) is 30.8 Å². The van der Waals surface area contributed by atoms with E-state index < -0.39 is 32.0 Å². The Kier molecular flexibility index (Phi) is 12.1. The SMILES string of the molecule is COC(=O)c1cc(Br)nn1C[C@@H](CCOCCO[Si](c1ccccc1)(c1ccccc1)C(C)(C)C)NC(=O)OC(C)(C)C. The van der Waals surface area contributed by atoms with Crippen LogP contribution in [0.2, 0.25) is 5.04 Å². The summed E-state index contributed by atoms with van der Waals surface area (Å²) in [4.78, 5) is 24.9. The molecule has 0 bridgehead atoms. The van der Waals surface area contributed by atoms with Crippen molar-refractivity contribution in [1.82, 2.24) is 15.1 Å². The van der Waals surface area contributed by atoms with Crippen LogP contribution < -0.4 is 15.7 Å². The van der Waals surface area contributed by atoms with Gasteiger partial charge in [0.1, 0.15) is 15.9 Å². The first-order chi connectivity index (χ1) is 20.3. The number of esters is 1. The van der Waals surface area contributed by atoms with Crippen LogP contribution in [-0.2, 0) is 25.2 Å². The van der Waals surface area contributed by atoms with Gasteiger partial charge >= 0.3 is 12.1 Å². The van der Waals surface area contributed by atoms with Gasteiger partial charge in [0.25, 0.3) is 8.32 Å². The quantitative estimate of drug-likeness (QED) is 0.149. The van der Waals surface area contributed by atoms with Gasteiger partial charge < -0.3 is 24.0 Å². The van der Waals surface area contributed by atoms with Gasteiger partial charge in [0.2, 0.25) is 0 Å². The smallest absolute Gasteiger partial charge is 0.407 e. The largest absolute Gasteiger partial charge is 0.464 e. The third-order valence-corrected chi connectivity index (χ3v) is 12.3. The van der Waals surface area contributed by atoms with E-state index in [2.05, 4.69) is 95.6 Å². The van der Waals surface area contributed by atoms with Crippen LogP contribution in [0.4, 0.5) is 4.79 Å². The average molecular weight is 675 g/mol. The van der Waals surface area contributed by atoms with Gasteiger partial charge in [-0.25, -0.2) is 9.59 Å². The number of methoxy groups -OCH3 is 1. The first kappa shape index (κ1) is 34.5. The molecule has 11 heteroatoms. The minimum absolute atomic E-state index is 0.131. The zero-order valence-electron chi connectivity index (χ0n) is 26.2. The molecular formula is C32H44BrN3O6Si. The van der Waals surface area contributed by atoms with E-state index in [4.69, 9.17) is 18.6 Å². The molecule has 0 unspecified atom stereocenters. The summed E-state index contributed by atoms with van der Waals surface area (Å²) in [5.41, 5.74) is -0.389. The number of amides is 1. The summed E-state index contributed by atoms with van der Waals surface area (Å²) < 4.78 is 25.3. The third-order valence-electron chi connectivity index (χ3n) is 6.83. The van der Waals surface area contributed by atoms with Crippen molar-refractivity contribution in [1.29, 1.82) is 0 Å². The maximum absolute atomic E-state index is 12.6. The molecule has 3 rings (SSSR count). The zero-order valence-corrected chi connectivity index (χ0v) is 28.8. The lowest BCUT2D eigenvalue weighted by atomic mass is 10.2. The normalized spacial score (nSPS) is 12.9. The lowest BCUT2D eigenvalue weighted by Gasteiger charge is -2.43. The topological polar surface area (TPSA) is 101 Å². The van der Waals surface area contributed by atoms with Crippen molar-refractivity contribution >= 4 is 46.7 Å². The number of hydrogen-bond donors (Lipinski definition) is 1. The first-order valence-electron chi connectivity index (χ1n) is 14.4. The first-order valence-corrected chi connectivity index (χ1v) is 17.1. The highest BCUT2D eigenvalue weighted by Gasteiger charge is 2.50. The molecule has 0 aliphatic rings. The van der Waals surface area contributed by atoms with Crippen LogP contribution in [-0.4, -0.2) is 68.7 Å². The number of benzene rings is 2. The highest BCUT2D eigenvalue weighted by Crippen LogP contribution is 2.36. The van der Waals surface area contributed by atoms with E-state index in [1.54, 1.807) is 26.8 Å². The van der Waals surface area contributed by atoms with E-state index in [0.717, 1.165) is 0 Å². The van der Waals surface area contributed by atoms with Crippen molar-refractivity contribution in [2.45, 2.75) is 71.2 Å². The summed E-state index contributed by atoms with van der Waals surface area (Å²) >= 11 is 3.32. The van der Waals surface area contributed by atoms with Crippen LogP contribution >= 0.6 is 15.9 Å². The summed E-state index contributed by atoms with van der Waals surface area (Å²) in [5, 5.41) is 9.54. The number of rotatable bonds is 13. The Hall–Kier alpha value is -2.99. The van der Waals surface area contributed by atoms with E-state index >= 15 is 0 Å².